The zero-order valence-electron chi connectivity index (χ0n) is 15.9. The number of nitrogens with one attached hydrogen (secondary N) is 2. The Bertz CT molecular complexity index is 1340. The number of carbonyl (C=O) groups is 2. The molecule has 0 radical (unpaired) electrons. The molecule has 3 aromatic rings. The molecule has 12 heteroatoms. The van der Waals surface area contributed by atoms with Crippen LogP contribution in [-0.4, -0.2) is 25.2 Å². The SMILES string of the molecule is O=C([O-])c1cccc(NC(=O)c2cc(S(=O)(=O)Nc3cccc([N+](=O)[O-])c3)ccc2Cl)c1. The van der Waals surface area contributed by atoms with Crippen LogP contribution in [0.25, 0.3) is 0 Å². The van der Waals surface area contributed by atoms with Crippen molar-refractivity contribution >= 4 is 50.6 Å². The van der Waals surface area contributed by atoms with E-state index in [1.165, 1.54) is 48.5 Å². The number of amides is 1. The van der Waals surface area contributed by atoms with Crippen LogP contribution in [-0.2, 0) is 10.0 Å². The maximum Gasteiger partial charge on any atom is 0.271 e. The fourth-order valence-corrected chi connectivity index (χ4v) is 3.94. The minimum atomic E-state index is -4.22. The van der Waals surface area contributed by atoms with Crippen LogP contribution in [0.15, 0.2) is 71.6 Å². The molecular formula is C20H13ClN3O7S-. The summed E-state index contributed by atoms with van der Waals surface area (Å²) >= 11 is 6.05. The van der Waals surface area contributed by atoms with Gasteiger partial charge in [0, 0.05) is 17.8 Å². The molecule has 0 saturated carbocycles. The van der Waals surface area contributed by atoms with Crippen molar-refractivity contribution in [1.29, 1.82) is 0 Å². The van der Waals surface area contributed by atoms with E-state index in [1.54, 1.807) is 0 Å². The molecule has 0 saturated heterocycles. The van der Waals surface area contributed by atoms with Crippen molar-refractivity contribution in [2.24, 2.45) is 0 Å². The average Bonchev–Trinajstić information content (AvgIpc) is 2.73. The monoisotopic (exact) mass is 474 g/mol. The number of nitro benzene ring substituents is 1. The van der Waals surface area contributed by atoms with Crippen LogP contribution in [0.4, 0.5) is 17.1 Å². The predicted molar refractivity (Wildman–Crippen MR) is 114 cm³/mol. The van der Waals surface area contributed by atoms with Crippen LogP contribution in [0.5, 0.6) is 0 Å². The Labute approximate surface area is 186 Å². The highest BCUT2D eigenvalue weighted by atomic mass is 35.5. The number of aromatic carboxylic acids is 1. The van der Waals surface area contributed by atoms with Crippen molar-refractivity contribution < 1.29 is 28.0 Å². The molecule has 0 heterocycles. The van der Waals surface area contributed by atoms with Gasteiger partial charge in [-0.05, 0) is 42.0 Å². The molecule has 3 rings (SSSR count). The van der Waals surface area contributed by atoms with E-state index in [2.05, 4.69) is 10.0 Å². The number of carboxylic acid groups (broad SMARTS) is 1. The maximum absolute atomic E-state index is 12.7. The lowest BCUT2D eigenvalue weighted by Gasteiger charge is -2.12. The Kier molecular flexibility index (Phi) is 6.42. The van der Waals surface area contributed by atoms with E-state index in [4.69, 9.17) is 11.6 Å². The summed E-state index contributed by atoms with van der Waals surface area (Å²) in [6, 6.07) is 13.6. The summed E-state index contributed by atoms with van der Waals surface area (Å²) in [7, 11) is -4.22. The molecule has 164 valence electrons. The number of nitrogens with zero attached hydrogens (tertiary/aromatic N) is 1. The number of anilines is 2. The molecule has 3 aromatic carbocycles. The number of carbonyl (C=O) groups excluding carboxylic acids is 2. The van der Waals surface area contributed by atoms with Crippen molar-refractivity contribution in [1.82, 2.24) is 0 Å². The maximum atomic E-state index is 12.7. The van der Waals surface area contributed by atoms with E-state index in [0.29, 0.717) is 0 Å². The van der Waals surface area contributed by atoms with Gasteiger partial charge in [0.05, 0.1) is 32.1 Å². The first kappa shape index (κ1) is 22.7. The topological polar surface area (TPSA) is 159 Å². The molecule has 0 spiro atoms. The number of carboxylic acids is 1. The molecule has 0 aliphatic heterocycles. The fraction of sp³-hybridized carbons (Fsp3) is 0. The summed E-state index contributed by atoms with van der Waals surface area (Å²) in [5.74, 6) is -2.21. The lowest BCUT2D eigenvalue weighted by atomic mass is 10.1. The Morgan fingerprint density at radius 1 is 0.938 bits per heavy atom. The zero-order valence-corrected chi connectivity index (χ0v) is 17.5. The van der Waals surface area contributed by atoms with E-state index in [9.17, 15) is 33.2 Å². The quantitative estimate of drug-likeness (QED) is 0.393. The molecule has 0 fully saturated rings. The third kappa shape index (κ3) is 5.20. The highest BCUT2D eigenvalue weighted by Crippen LogP contribution is 2.25. The Morgan fingerprint density at radius 2 is 1.62 bits per heavy atom. The third-order valence-corrected chi connectivity index (χ3v) is 5.87. The number of nitro groups is 1. The Balaban J connectivity index is 1.88. The Hall–Kier alpha value is -3.96. The number of benzene rings is 3. The number of rotatable bonds is 7. The van der Waals surface area contributed by atoms with E-state index in [0.717, 1.165) is 18.2 Å². The molecular weight excluding hydrogens is 462 g/mol. The molecule has 0 aliphatic carbocycles. The second-order valence-corrected chi connectivity index (χ2v) is 8.47. The predicted octanol–water partition coefficient (Wildman–Crippen LogP) is 2.66. The van der Waals surface area contributed by atoms with E-state index >= 15 is 0 Å². The van der Waals surface area contributed by atoms with Gasteiger partial charge >= 0.3 is 0 Å². The van der Waals surface area contributed by atoms with E-state index in [1.807, 2.05) is 0 Å². The fourth-order valence-electron chi connectivity index (χ4n) is 2.66. The average molecular weight is 475 g/mol. The van der Waals surface area contributed by atoms with Crippen LogP contribution < -0.4 is 15.1 Å². The summed E-state index contributed by atoms with van der Waals surface area (Å²) in [5, 5.41) is 24.2. The lowest BCUT2D eigenvalue weighted by molar-refractivity contribution is -0.384. The first-order chi connectivity index (χ1) is 15.1. The van der Waals surface area contributed by atoms with Crippen LogP contribution >= 0.6 is 11.6 Å². The molecule has 0 aliphatic rings. The largest absolute Gasteiger partial charge is 0.545 e. The van der Waals surface area contributed by atoms with Gasteiger partial charge in [-0.15, -0.1) is 0 Å². The minimum absolute atomic E-state index is 0.0424. The zero-order chi connectivity index (χ0) is 23.5. The number of non-ortho nitro benzene ring substituents is 1. The van der Waals surface area contributed by atoms with Gasteiger partial charge in [0.15, 0.2) is 0 Å². The van der Waals surface area contributed by atoms with Crippen molar-refractivity contribution in [2.75, 3.05) is 10.0 Å². The normalized spacial score (nSPS) is 10.9. The molecule has 2 N–H and O–H groups in total. The summed E-state index contributed by atoms with van der Waals surface area (Å²) in [6.07, 6.45) is 0. The van der Waals surface area contributed by atoms with Crippen LogP contribution in [0.1, 0.15) is 20.7 Å². The first-order valence-electron chi connectivity index (χ1n) is 8.76. The van der Waals surface area contributed by atoms with Crippen molar-refractivity contribution in [3.05, 3.63) is 93.0 Å². The molecule has 32 heavy (non-hydrogen) atoms. The van der Waals surface area contributed by atoms with Gasteiger partial charge in [0.2, 0.25) is 0 Å². The molecule has 0 aromatic heterocycles. The molecule has 0 atom stereocenters. The smallest absolute Gasteiger partial charge is 0.271 e. The van der Waals surface area contributed by atoms with Crippen molar-refractivity contribution in [3.63, 3.8) is 0 Å². The second-order valence-electron chi connectivity index (χ2n) is 6.38. The van der Waals surface area contributed by atoms with Crippen LogP contribution in [0.3, 0.4) is 0 Å². The van der Waals surface area contributed by atoms with Crippen molar-refractivity contribution in [2.45, 2.75) is 4.90 Å². The summed E-state index contributed by atoms with van der Waals surface area (Å²) in [5.41, 5.74) is -0.561. The molecule has 0 unspecified atom stereocenters. The summed E-state index contributed by atoms with van der Waals surface area (Å²) in [4.78, 5) is 33.5. The highest BCUT2D eigenvalue weighted by molar-refractivity contribution is 7.92. The molecule has 0 bridgehead atoms. The molecule has 10 nitrogen and oxygen atoms in total. The van der Waals surface area contributed by atoms with Gasteiger partial charge in [-0.1, -0.05) is 29.8 Å². The second kappa shape index (κ2) is 9.04. The van der Waals surface area contributed by atoms with Gasteiger partial charge in [-0.2, -0.15) is 0 Å². The van der Waals surface area contributed by atoms with Gasteiger partial charge in [0.25, 0.3) is 21.6 Å². The van der Waals surface area contributed by atoms with Crippen LogP contribution in [0.2, 0.25) is 5.02 Å². The van der Waals surface area contributed by atoms with Crippen LogP contribution in [0, 0.1) is 10.1 Å². The van der Waals surface area contributed by atoms with Gasteiger partial charge in [-0.25, -0.2) is 8.42 Å². The van der Waals surface area contributed by atoms with Gasteiger partial charge < -0.3 is 15.2 Å². The van der Waals surface area contributed by atoms with Gasteiger partial charge in [0.1, 0.15) is 0 Å². The lowest BCUT2D eigenvalue weighted by Crippen LogP contribution is -2.22. The number of hydrogen-bond acceptors (Lipinski definition) is 7. The number of sulfonamides is 1. The standard InChI is InChI=1S/C20H14ClN3O7S/c21-18-8-7-16(32(30,31)23-14-5-2-6-15(10-14)24(28)29)11-17(18)19(25)22-13-4-1-3-12(9-13)20(26)27/h1-11,23H,(H,22,25)(H,26,27)/p-1. The number of hydrogen-bond donors (Lipinski definition) is 2. The minimum Gasteiger partial charge on any atom is -0.545 e. The Morgan fingerprint density at radius 3 is 2.31 bits per heavy atom. The number of halogens is 1. The molecule has 1 amide bonds. The van der Waals surface area contributed by atoms with Crippen molar-refractivity contribution in [3.8, 4) is 0 Å². The van der Waals surface area contributed by atoms with Gasteiger partial charge in [-0.3, -0.25) is 19.6 Å². The van der Waals surface area contributed by atoms with E-state index < -0.39 is 26.8 Å². The first-order valence-corrected chi connectivity index (χ1v) is 10.6. The summed E-state index contributed by atoms with van der Waals surface area (Å²) in [6.45, 7) is 0. The summed E-state index contributed by atoms with van der Waals surface area (Å²) < 4.78 is 27.6. The van der Waals surface area contributed by atoms with E-state index in [-0.39, 0.29) is 38.1 Å². The highest BCUT2D eigenvalue weighted by Gasteiger charge is 2.20. The third-order valence-electron chi connectivity index (χ3n) is 4.16.